The molecule has 2 heterocycles. The minimum atomic E-state index is 0.512. The third-order valence-corrected chi connectivity index (χ3v) is 3.37. The number of carbonyl (C=O) groups excluding carboxylic acids is 1. The Hall–Kier alpha value is -2.49. The number of pyridine rings is 1. The van der Waals surface area contributed by atoms with Crippen LogP contribution in [0.15, 0.2) is 42.6 Å². The molecule has 4 nitrogen and oxygen atoms in total. The minimum absolute atomic E-state index is 0.512. The van der Waals surface area contributed by atoms with Crippen LogP contribution in [0.2, 0.25) is 0 Å². The summed E-state index contributed by atoms with van der Waals surface area (Å²) in [6, 6.07) is 12.1. The fourth-order valence-electron chi connectivity index (χ4n) is 2.31. The molecule has 0 aliphatic rings. The van der Waals surface area contributed by atoms with Crippen molar-refractivity contribution in [2.75, 3.05) is 0 Å². The Kier molecular flexibility index (Phi) is 3.29. The maximum Gasteiger partial charge on any atom is 0.120 e. The van der Waals surface area contributed by atoms with E-state index in [0.717, 1.165) is 34.1 Å². The van der Waals surface area contributed by atoms with Crippen molar-refractivity contribution in [2.45, 2.75) is 12.8 Å². The molecule has 0 amide bonds. The van der Waals surface area contributed by atoms with Crippen molar-refractivity contribution in [1.82, 2.24) is 14.8 Å². The van der Waals surface area contributed by atoms with Crippen LogP contribution in [0, 0.1) is 0 Å². The normalized spacial score (nSPS) is 10.8. The largest absolute Gasteiger partial charge is 0.303 e. The zero-order valence-electron chi connectivity index (χ0n) is 11.3. The van der Waals surface area contributed by atoms with E-state index in [2.05, 4.69) is 28.3 Å². The van der Waals surface area contributed by atoms with Gasteiger partial charge in [-0.15, -0.1) is 0 Å². The van der Waals surface area contributed by atoms with E-state index in [1.165, 1.54) is 0 Å². The number of fused-ring (bicyclic) bond motifs is 1. The highest BCUT2D eigenvalue weighted by atomic mass is 16.1. The summed E-state index contributed by atoms with van der Waals surface area (Å²) in [5.41, 5.74) is 4.05. The molecule has 4 heteroatoms. The van der Waals surface area contributed by atoms with Gasteiger partial charge in [0.1, 0.15) is 6.29 Å². The third-order valence-electron chi connectivity index (χ3n) is 3.37. The minimum Gasteiger partial charge on any atom is -0.303 e. The lowest BCUT2D eigenvalue weighted by molar-refractivity contribution is -0.107. The Morgan fingerprint density at radius 2 is 2.15 bits per heavy atom. The fourth-order valence-corrected chi connectivity index (χ4v) is 2.31. The van der Waals surface area contributed by atoms with Crippen LogP contribution in [0.25, 0.3) is 22.2 Å². The van der Waals surface area contributed by atoms with E-state index in [1.807, 2.05) is 36.1 Å². The molecule has 0 aliphatic heterocycles. The highest BCUT2D eigenvalue weighted by molar-refractivity contribution is 5.83. The maximum absolute atomic E-state index is 10.4. The van der Waals surface area contributed by atoms with Crippen LogP contribution in [-0.2, 0) is 18.3 Å². The summed E-state index contributed by atoms with van der Waals surface area (Å²) in [6.45, 7) is 0. The Balaban J connectivity index is 1.99. The van der Waals surface area contributed by atoms with Crippen LogP contribution in [-0.4, -0.2) is 21.1 Å². The molecule has 3 aromatic rings. The van der Waals surface area contributed by atoms with Gasteiger partial charge in [-0.05, 0) is 30.7 Å². The van der Waals surface area contributed by atoms with Gasteiger partial charge in [0.2, 0.25) is 0 Å². The van der Waals surface area contributed by atoms with E-state index in [0.29, 0.717) is 12.8 Å². The number of hydrogen-bond donors (Lipinski definition) is 0. The number of nitrogens with zero attached hydrogens (tertiary/aromatic N) is 3. The molecule has 3 rings (SSSR count). The van der Waals surface area contributed by atoms with Gasteiger partial charge in [-0.3, -0.25) is 9.67 Å². The summed E-state index contributed by atoms with van der Waals surface area (Å²) in [5, 5.41) is 5.35. The molecular weight excluding hydrogens is 250 g/mol. The van der Waals surface area contributed by atoms with E-state index in [1.54, 1.807) is 0 Å². The molecule has 0 spiro atoms. The Bertz CT molecular complexity index is 761. The number of aromatic nitrogens is 3. The molecule has 2 aromatic heterocycles. The van der Waals surface area contributed by atoms with Crippen LogP contribution >= 0.6 is 0 Å². The van der Waals surface area contributed by atoms with Crippen molar-refractivity contribution in [1.29, 1.82) is 0 Å². The lowest BCUT2D eigenvalue weighted by Gasteiger charge is -2.04. The molecule has 1 aromatic carbocycles. The van der Waals surface area contributed by atoms with E-state index in [9.17, 15) is 4.79 Å². The second-order valence-corrected chi connectivity index (χ2v) is 4.76. The van der Waals surface area contributed by atoms with Gasteiger partial charge in [0.05, 0.1) is 17.4 Å². The van der Waals surface area contributed by atoms with Gasteiger partial charge in [-0.25, -0.2) is 0 Å². The van der Waals surface area contributed by atoms with Crippen LogP contribution in [0.5, 0.6) is 0 Å². The van der Waals surface area contributed by atoms with Crippen molar-refractivity contribution < 1.29 is 4.79 Å². The molecule has 0 unspecified atom stereocenters. The topological polar surface area (TPSA) is 47.8 Å². The smallest absolute Gasteiger partial charge is 0.120 e. The van der Waals surface area contributed by atoms with Crippen molar-refractivity contribution in [2.24, 2.45) is 7.05 Å². The second kappa shape index (κ2) is 5.25. The average Bonchev–Trinajstić information content (AvgIpc) is 2.86. The van der Waals surface area contributed by atoms with E-state index >= 15 is 0 Å². The number of carbonyl (C=O) groups is 1. The number of aryl methyl sites for hydroxylation is 2. The van der Waals surface area contributed by atoms with E-state index < -0.39 is 0 Å². The number of rotatable bonds is 4. The monoisotopic (exact) mass is 265 g/mol. The summed E-state index contributed by atoms with van der Waals surface area (Å²) < 4.78 is 1.85. The standard InChI is InChI=1S/C16H15N3O/c1-19-16-8-7-12(10-13(16)11-17-19)15-6-2-4-14(18-15)5-3-9-20/h2,4,6-11H,3,5H2,1H3. The molecule has 0 N–H and O–H groups in total. The first kappa shape index (κ1) is 12.5. The maximum atomic E-state index is 10.4. The summed E-state index contributed by atoms with van der Waals surface area (Å²) in [4.78, 5) is 15.1. The molecule has 100 valence electrons. The Morgan fingerprint density at radius 3 is 3.00 bits per heavy atom. The van der Waals surface area contributed by atoms with Crippen LogP contribution in [0.4, 0.5) is 0 Å². The molecule has 0 aliphatic carbocycles. The summed E-state index contributed by atoms with van der Waals surface area (Å²) in [5.74, 6) is 0. The molecule has 0 fully saturated rings. The van der Waals surface area contributed by atoms with Crippen molar-refractivity contribution in [3.63, 3.8) is 0 Å². The number of hydrogen-bond acceptors (Lipinski definition) is 3. The predicted molar refractivity (Wildman–Crippen MR) is 78.3 cm³/mol. The van der Waals surface area contributed by atoms with E-state index in [4.69, 9.17) is 0 Å². The van der Waals surface area contributed by atoms with Gasteiger partial charge < -0.3 is 4.79 Å². The zero-order chi connectivity index (χ0) is 13.9. The van der Waals surface area contributed by atoms with Crippen LogP contribution < -0.4 is 0 Å². The third kappa shape index (κ3) is 2.32. The van der Waals surface area contributed by atoms with Crippen molar-refractivity contribution in [3.05, 3.63) is 48.3 Å². The van der Waals surface area contributed by atoms with Gasteiger partial charge in [0.15, 0.2) is 0 Å². The second-order valence-electron chi connectivity index (χ2n) is 4.76. The summed E-state index contributed by atoms with van der Waals surface area (Å²) in [6.07, 6.45) is 3.98. The first-order valence-electron chi connectivity index (χ1n) is 6.59. The van der Waals surface area contributed by atoms with Gasteiger partial charge in [0, 0.05) is 30.1 Å². The molecule has 0 atom stereocenters. The van der Waals surface area contributed by atoms with Gasteiger partial charge in [0.25, 0.3) is 0 Å². The van der Waals surface area contributed by atoms with Crippen LogP contribution in [0.3, 0.4) is 0 Å². The van der Waals surface area contributed by atoms with Gasteiger partial charge >= 0.3 is 0 Å². The number of aldehydes is 1. The van der Waals surface area contributed by atoms with Gasteiger partial charge in [-0.1, -0.05) is 12.1 Å². The Labute approximate surface area is 117 Å². The van der Waals surface area contributed by atoms with Crippen LogP contribution in [0.1, 0.15) is 12.1 Å². The average molecular weight is 265 g/mol. The first-order valence-corrected chi connectivity index (χ1v) is 6.59. The lowest BCUT2D eigenvalue weighted by atomic mass is 10.1. The summed E-state index contributed by atoms with van der Waals surface area (Å²) >= 11 is 0. The summed E-state index contributed by atoms with van der Waals surface area (Å²) in [7, 11) is 1.93. The highest BCUT2D eigenvalue weighted by Gasteiger charge is 2.05. The molecule has 20 heavy (non-hydrogen) atoms. The Morgan fingerprint density at radius 1 is 1.25 bits per heavy atom. The first-order chi connectivity index (χ1) is 9.78. The zero-order valence-corrected chi connectivity index (χ0v) is 11.3. The quantitative estimate of drug-likeness (QED) is 0.681. The predicted octanol–water partition coefficient (Wildman–Crippen LogP) is 2.77. The molecular formula is C16H15N3O. The molecule has 0 saturated carbocycles. The van der Waals surface area contributed by atoms with Gasteiger partial charge in [-0.2, -0.15) is 5.10 Å². The SMILES string of the molecule is Cn1ncc2cc(-c3cccc(CCC=O)n3)ccc21. The fraction of sp³-hybridized carbons (Fsp3) is 0.188. The van der Waals surface area contributed by atoms with E-state index in [-0.39, 0.29) is 0 Å². The molecule has 0 bridgehead atoms. The highest BCUT2D eigenvalue weighted by Crippen LogP contribution is 2.23. The molecule has 0 radical (unpaired) electrons. The van der Waals surface area contributed by atoms with Crippen molar-refractivity contribution >= 4 is 17.2 Å². The molecule has 0 saturated heterocycles. The number of benzene rings is 1. The lowest BCUT2D eigenvalue weighted by Crippen LogP contribution is -1.93. The van der Waals surface area contributed by atoms with Crippen molar-refractivity contribution in [3.8, 4) is 11.3 Å².